The average molecular weight is 411 g/mol. The molecule has 0 bridgehead atoms. The lowest BCUT2D eigenvalue weighted by atomic mass is 10.0. The number of nitrogens with one attached hydrogen (secondary N) is 1. The van der Waals surface area contributed by atoms with Crippen molar-refractivity contribution >= 4 is 17.7 Å². The van der Waals surface area contributed by atoms with Crippen molar-refractivity contribution in [2.45, 2.75) is 20.3 Å². The molecule has 4 rings (SSSR count). The van der Waals surface area contributed by atoms with Gasteiger partial charge >= 0.3 is 6.01 Å². The van der Waals surface area contributed by atoms with Gasteiger partial charge in [0.1, 0.15) is 0 Å². The Balaban J connectivity index is 1.40. The first-order valence-corrected chi connectivity index (χ1v) is 9.89. The molecule has 0 aliphatic heterocycles. The summed E-state index contributed by atoms with van der Waals surface area (Å²) in [4.78, 5) is 25.0. The summed E-state index contributed by atoms with van der Waals surface area (Å²) in [5.74, 6) is -0.0668. The molecule has 1 aromatic heterocycles. The molecule has 6 heteroatoms. The number of hydrogen-bond acceptors (Lipinski definition) is 5. The first-order valence-electron chi connectivity index (χ1n) is 9.89. The predicted molar refractivity (Wildman–Crippen MR) is 117 cm³/mol. The Morgan fingerprint density at radius 3 is 2.19 bits per heavy atom. The van der Waals surface area contributed by atoms with Crippen LogP contribution in [-0.2, 0) is 6.42 Å². The van der Waals surface area contributed by atoms with Crippen LogP contribution < -0.4 is 5.32 Å². The maximum absolute atomic E-state index is 12.5. The number of hydrogen-bond donors (Lipinski definition) is 1. The molecule has 0 aliphatic carbocycles. The highest BCUT2D eigenvalue weighted by Gasteiger charge is 2.14. The molecule has 0 aliphatic rings. The van der Waals surface area contributed by atoms with Crippen molar-refractivity contribution in [3.05, 3.63) is 112 Å². The van der Waals surface area contributed by atoms with E-state index in [2.05, 4.69) is 41.5 Å². The molecule has 1 N–H and O–H groups in total. The summed E-state index contributed by atoms with van der Waals surface area (Å²) in [6.07, 6.45) is 0.486. The molecule has 154 valence electrons. The highest BCUT2D eigenvalue weighted by Crippen LogP contribution is 2.16. The lowest BCUT2D eigenvalue weighted by Gasteiger charge is -2.04. The van der Waals surface area contributed by atoms with Gasteiger partial charge in [-0.1, -0.05) is 65.8 Å². The third-order valence-electron chi connectivity index (χ3n) is 5.06. The molecule has 0 unspecified atom stereocenters. The summed E-state index contributed by atoms with van der Waals surface area (Å²) in [7, 11) is 0. The van der Waals surface area contributed by atoms with E-state index in [1.807, 2.05) is 24.3 Å². The van der Waals surface area contributed by atoms with Gasteiger partial charge in [-0.25, -0.2) is 0 Å². The second kappa shape index (κ2) is 8.75. The molecule has 31 heavy (non-hydrogen) atoms. The Kier molecular flexibility index (Phi) is 5.71. The van der Waals surface area contributed by atoms with E-state index in [0.29, 0.717) is 29.0 Å². The lowest BCUT2D eigenvalue weighted by Crippen LogP contribution is -2.12. The molecule has 0 saturated heterocycles. The standard InChI is InChI=1S/C25H21N3O3/c1-16-8-9-18(14-17(16)2)15-22-27-28-25(31-22)26-24(30)21-12-10-20(11-13-21)23(29)19-6-4-3-5-7-19/h3-14H,15H2,1-2H3,(H,26,28,30). The lowest BCUT2D eigenvalue weighted by molar-refractivity contribution is 0.101. The smallest absolute Gasteiger partial charge is 0.322 e. The van der Waals surface area contributed by atoms with E-state index in [1.165, 1.54) is 11.1 Å². The Morgan fingerprint density at radius 1 is 0.806 bits per heavy atom. The van der Waals surface area contributed by atoms with Crippen molar-refractivity contribution < 1.29 is 14.0 Å². The molecule has 1 amide bonds. The van der Waals surface area contributed by atoms with E-state index >= 15 is 0 Å². The number of carbonyl (C=O) groups excluding carboxylic acids is 2. The molecule has 0 saturated carbocycles. The van der Waals surface area contributed by atoms with E-state index < -0.39 is 0 Å². The number of anilines is 1. The molecular weight excluding hydrogens is 390 g/mol. The van der Waals surface area contributed by atoms with Crippen LogP contribution in [0.2, 0.25) is 0 Å². The summed E-state index contributed by atoms with van der Waals surface area (Å²) in [5.41, 5.74) is 4.97. The van der Waals surface area contributed by atoms with Crippen LogP contribution in [0.4, 0.5) is 6.01 Å². The van der Waals surface area contributed by atoms with Crippen molar-refractivity contribution in [2.24, 2.45) is 0 Å². The van der Waals surface area contributed by atoms with Crippen LogP contribution in [0, 0.1) is 13.8 Å². The van der Waals surface area contributed by atoms with Gasteiger partial charge in [-0.05, 0) is 42.7 Å². The fourth-order valence-electron chi connectivity index (χ4n) is 3.16. The zero-order valence-electron chi connectivity index (χ0n) is 17.3. The van der Waals surface area contributed by atoms with Gasteiger partial charge in [0, 0.05) is 16.7 Å². The number of nitrogens with zero attached hydrogens (tertiary/aromatic N) is 2. The summed E-state index contributed by atoms with van der Waals surface area (Å²) in [6.45, 7) is 4.11. The van der Waals surface area contributed by atoms with Crippen molar-refractivity contribution in [2.75, 3.05) is 5.32 Å². The fourth-order valence-corrected chi connectivity index (χ4v) is 3.16. The number of amides is 1. The second-order valence-electron chi connectivity index (χ2n) is 7.32. The number of benzene rings is 3. The molecule has 1 heterocycles. The predicted octanol–water partition coefficient (Wildman–Crippen LogP) is 4.76. The Bertz CT molecular complexity index is 1230. The Morgan fingerprint density at radius 2 is 1.48 bits per heavy atom. The van der Waals surface area contributed by atoms with Gasteiger partial charge in [-0.15, -0.1) is 5.10 Å². The SMILES string of the molecule is Cc1ccc(Cc2nnc(NC(=O)c3ccc(C(=O)c4ccccc4)cc3)o2)cc1C. The molecule has 0 radical (unpaired) electrons. The average Bonchev–Trinajstić information content (AvgIpc) is 3.23. The molecule has 0 spiro atoms. The Labute approximate surface area is 180 Å². The zero-order chi connectivity index (χ0) is 21.8. The minimum atomic E-state index is -0.389. The van der Waals surface area contributed by atoms with Crippen molar-refractivity contribution in [3.63, 3.8) is 0 Å². The maximum Gasteiger partial charge on any atom is 0.322 e. The van der Waals surface area contributed by atoms with Gasteiger partial charge in [-0.2, -0.15) is 0 Å². The third kappa shape index (κ3) is 4.75. The van der Waals surface area contributed by atoms with Gasteiger partial charge in [-0.3, -0.25) is 14.9 Å². The van der Waals surface area contributed by atoms with Crippen LogP contribution >= 0.6 is 0 Å². The monoisotopic (exact) mass is 411 g/mol. The molecule has 0 fully saturated rings. The summed E-state index contributed by atoms with van der Waals surface area (Å²) < 4.78 is 5.56. The molecule has 0 atom stereocenters. The van der Waals surface area contributed by atoms with E-state index in [4.69, 9.17) is 4.42 Å². The van der Waals surface area contributed by atoms with E-state index in [0.717, 1.165) is 5.56 Å². The molecule has 4 aromatic rings. The number of aryl methyl sites for hydroxylation is 2. The van der Waals surface area contributed by atoms with Gasteiger partial charge in [0.25, 0.3) is 5.91 Å². The van der Waals surface area contributed by atoms with E-state index in [-0.39, 0.29) is 17.7 Å². The second-order valence-corrected chi connectivity index (χ2v) is 7.32. The van der Waals surface area contributed by atoms with Crippen molar-refractivity contribution in [1.82, 2.24) is 10.2 Å². The highest BCUT2D eigenvalue weighted by molar-refractivity contribution is 6.10. The number of ketones is 1. The molecular formula is C25H21N3O3. The van der Waals surface area contributed by atoms with Gasteiger partial charge < -0.3 is 4.42 Å². The van der Waals surface area contributed by atoms with Gasteiger partial charge in [0.05, 0.1) is 6.42 Å². The quantitative estimate of drug-likeness (QED) is 0.462. The van der Waals surface area contributed by atoms with Gasteiger partial charge in [0.15, 0.2) is 5.78 Å². The zero-order valence-corrected chi connectivity index (χ0v) is 17.3. The Hall–Kier alpha value is -4.06. The summed E-state index contributed by atoms with van der Waals surface area (Å²) >= 11 is 0. The molecule has 6 nitrogen and oxygen atoms in total. The van der Waals surface area contributed by atoms with E-state index in [9.17, 15) is 9.59 Å². The largest absolute Gasteiger partial charge is 0.407 e. The minimum absolute atomic E-state index is 0.0354. The van der Waals surface area contributed by atoms with Crippen LogP contribution in [0.1, 0.15) is 48.9 Å². The van der Waals surface area contributed by atoms with Crippen LogP contribution in [0.3, 0.4) is 0 Å². The number of aromatic nitrogens is 2. The number of carbonyl (C=O) groups is 2. The fraction of sp³-hybridized carbons (Fsp3) is 0.120. The number of rotatable bonds is 6. The van der Waals surface area contributed by atoms with Gasteiger partial charge in [0.2, 0.25) is 5.89 Å². The van der Waals surface area contributed by atoms with Crippen molar-refractivity contribution in [1.29, 1.82) is 0 Å². The summed E-state index contributed by atoms with van der Waals surface area (Å²) in [5, 5.41) is 10.5. The molecule has 3 aromatic carbocycles. The van der Waals surface area contributed by atoms with E-state index in [1.54, 1.807) is 36.4 Å². The van der Waals surface area contributed by atoms with Crippen LogP contribution in [0.25, 0.3) is 0 Å². The highest BCUT2D eigenvalue weighted by atomic mass is 16.4. The topological polar surface area (TPSA) is 85.1 Å². The first kappa shape index (κ1) is 20.2. The van der Waals surface area contributed by atoms with Crippen LogP contribution in [-0.4, -0.2) is 21.9 Å². The summed E-state index contributed by atoms with van der Waals surface area (Å²) in [6, 6.07) is 21.6. The minimum Gasteiger partial charge on any atom is -0.407 e. The van der Waals surface area contributed by atoms with Crippen molar-refractivity contribution in [3.8, 4) is 0 Å². The third-order valence-corrected chi connectivity index (χ3v) is 5.06. The maximum atomic E-state index is 12.5. The normalized spacial score (nSPS) is 10.6. The van der Waals surface area contributed by atoms with Crippen LogP contribution in [0.5, 0.6) is 0 Å². The first-order chi connectivity index (χ1) is 15.0. The van der Waals surface area contributed by atoms with Crippen LogP contribution in [0.15, 0.2) is 77.2 Å².